The van der Waals surface area contributed by atoms with Crippen LogP contribution in [0, 0.1) is 0 Å². The van der Waals surface area contributed by atoms with Gasteiger partial charge in [0, 0.05) is 29.7 Å². The fourth-order valence-electron chi connectivity index (χ4n) is 3.28. The first-order valence-electron chi connectivity index (χ1n) is 10.1. The number of hydrogen-bond acceptors (Lipinski definition) is 5. The van der Waals surface area contributed by atoms with E-state index in [0.717, 1.165) is 28.0 Å². The van der Waals surface area contributed by atoms with Gasteiger partial charge in [-0.25, -0.2) is 18.1 Å². The van der Waals surface area contributed by atoms with Crippen LogP contribution in [0.25, 0.3) is 16.9 Å². The molecule has 2 aromatic heterocycles. The molecule has 0 fully saturated rings. The largest absolute Gasteiger partial charge is 0.370 e. The molecule has 11 heteroatoms. The molecule has 0 bridgehead atoms. The van der Waals surface area contributed by atoms with Crippen LogP contribution >= 0.6 is 39.1 Å². The Morgan fingerprint density at radius 1 is 0.970 bits per heavy atom. The maximum Gasteiger partial charge on any atom is 0.242 e. The van der Waals surface area contributed by atoms with Crippen LogP contribution in [0.4, 0.5) is 5.82 Å². The van der Waals surface area contributed by atoms with E-state index in [9.17, 15) is 8.42 Å². The van der Waals surface area contributed by atoms with Crippen LogP contribution in [0.1, 0.15) is 12.8 Å². The van der Waals surface area contributed by atoms with Crippen LogP contribution in [0.3, 0.4) is 0 Å². The third kappa shape index (κ3) is 5.50. The Balaban J connectivity index is 1.40. The number of rotatable bonds is 9. The number of benzene rings is 2. The van der Waals surface area contributed by atoms with Gasteiger partial charge in [-0.1, -0.05) is 53.5 Å². The van der Waals surface area contributed by atoms with Gasteiger partial charge in [0.2, 0.25) is 10.0 Å². The van der Waals surface area contributed by atoms with Crippen LogP contribution in [-0.4, -0.2) is 36.1 Å². The van der Waals surface area contributed by atoms with Crippen LogP contribution in [-0.2, 0) is 10.0 Å². The molecule has 0 atom stereocenters. The lowest BCUT2D eigenvalue weighted by Crippen LogP contribution is -2.25. The van der Waals surface area contributed by atoms with Gasteiger partial charge in [0.25, 0.3) is 0 Å². The summed E-state index contributed by atoms with van der Waals surface area (Å²) in [6, 6.07) is 15.8. The molecule has 7 nitrogen and oxygen atoms in total. The summed E-state index contributed by atoms with van der Waals surface area (Å²) in [7, 11) is -3.64. The third-order valence-electron chi connectivity index (χ3n) is 4.91. The van der Waals surface area contributed by atoms with Crippen LogP contribution in [0.5, 0.6) is 0 Å². The number of nitrogens with one attached hydrogen (secondary N) is 2. The smallest absolute Gasteiger partial charge is 0.242 e. The van der Waals surface area contributed by atoms with Gasteiger partial charge in [-0.2, -0.15) is 9.61 Å². The highest BCUT2D eigenvalue weighted by atomic mass is 79.9. The summed E-state index contributed by atoms with van der Waals surface area (Å²) in [4.78, 5) is 4.77. The maximum absolute atomic E-state index is 12.4. The molecule has 0 saturated carbocycles. The van der Waals surface area contributed by atoms with Crippen LogP contribution < -0.4 is 10.0 Å². The summed E-state index contributed by atoms with van der Waals surface area (Å²) in [5.41, 5.74) is 2.22. The Morgan fingerprint density at radius 3 is 2.42 bits per heavy atom. The van der Waals surface area contributed by atoms with Crippen molar-refractivity contribution in [1.82, 2.24) is 19.3 Å². The van der Waals surface area contributed by atoms with Crippen molar-refractivity contribution in [3.63, 3.8) is 0 Å². The molecule has 0 amide bonds. The van der Waals surface area contributed by atoms with E-state index in [0.29, 0.717) is 30.2 Å². The summed E-state index contributed by atoms with van der Waals surface area (Å²) in [6.07, 6.45) is 3.07. The molecule has 0 radical (unpaired) electrons. The summed E-state index contributed by atoms with van der Waals surface area (Å²) in [5, 5.41) is 8.55. The topological polar surface area (TPSA) is 88.4 Å². The fourth-order valence-corrected chi connectivity index (χ4v) is 5.45. The van der Waals surface area contributed by atoms with Crippen molar-refractivity contribution in [2.45, 2.75) is 17.7 Å². The zero-order valence-corrected chi connectivity index (χ0v) is 21.2. The summed E-state index contributed by atoms with van der Waals surface area (Å²) in [6.45, 7) is 0.922. The molecule has 0 aliphatic heterocycles. The van der Waals surface area contributed by atoms with Crippen molar-refractivity contribution in [2.75, 3.05) is 18.4 Å². The Hall–Kier alpha value is -2.17. The average Bonchev–Trinajstić information content (AvgIpc) is 3.17. The Bertz CT molecular complexity index is 1390. The molecule has 2 N–H and O–H groups in total. The Morgan fingerprint density at radius 2 is 1.67 bits per heavy atom. The first-order valence-corrected chi connectivity index (χ1v) is 13.2. The predicted molar refractivity (Wildman–Crippen MR) is 135 cm³/mol. The minimum Gasteiger partial charge on any atom is -0.370 e. The summed E-state index contributed by atoms with van der Waals surface area (Å²) >= 11 is 15.9. The quantitative estimate of drug-likeness (QED) is 0.255. The van der Waals surface area contributed by atoms with E-state index in [4.69, 9.17) is 23.2 Å². The number of nitrogens with zero attached hydrogens (tertiary/aromatic N) is 3. The van der Waals surface area contributed by atoms with Gasteiger partial charge in [-0.05, 0) is 47.0 Å². The van der Waals surface area contributed by atoms with Gasteiger partial charge in [0.05, 0.1) is 21.4 Å². The van der Waals surface area contributed by atoms with E-state index in [1.54, 1.807) is 28.9 Å². The third-order valence-corrected chi connectivity index (χ3v) is 7.76. The molecule has 0 aliphatic rings. The maximum atomic E-state index is 12.4. The van der Waals surface area contributed by atoms with Crippen molar-refractivity contribution in [3.8, 4) is 11.3 Å². The van der Waals surface area contributed by atoms with E-state index in [2.05, 4.69) is 36.1 Å². The number of aromatic nitrogens is 3. The van der Waals surface area contributed by atoms with E-state index in [-0.39, 0.29) is 9.92 Å². The number of halogens is 3. The predicted octanol–water partition coefficient (Wildman–Crippen LogP) is 5.64. The van der Waals surface area contributed by atoms with Crippen LogP contribution in [0.2, 0.25) is 10.0 Å². The van der Waals surface area contributed by atoms with Crippen molar-refractivity contribution in [1.29, 1.82) is 0 Å². The van der Waals surface area contributed by atoms with E-state index in [1.807, 2.05) is 30.3 Å². The highest BCUT2D eigenvalue weighted by Gasteiger charge is 2.16. The van der Waals surface area contributed by atoms with E-state index >= 15 is 0 Å². The zero-order chi connectivity index (χ0) is 23.4. The second-order valence-electron chi connectivity index (χ2n) is 7.20. The lowest BCUT2D eigenvalue weighted by atomic mass is 10.1. The van der Waals surface area contributed by atoms with Crippen LogP contribution in [0.15, 0.2) is 70.2 Å². The van der Waals surface area contributed by atoms with Crippen molar-refractivity contribution < 1.29 is 8.42 Å². The molecule has 4 rings (SSSR count). The Kier molecular flexibility index (Phi) is 7.55. The van der Waals surface area contributed by atoms with Gasteiger partial charge in [-0.3, -0.25) is 0 Å². The van der Waals surface area contributed by atoms with Gasteiger partial charge in [0.1, 0.15) is 10.7 Å². The molecule has 0 unspecified atom stereocenters. The first kappa shape index (κ1) is 24.0. The normalized spacial score (nSPS) is 11.7. The highest BCUT2D eigenvalue weighted by molar-refractivity contribution is 9.10. The second kappa shape index (κ2) is 10.4. The minimum atomic E-state index is -3.64. The molecule has 4 aromatic rings. The molecule has 33 heavy (non-hydrogen) atoms. The summed E-state index contributed by atoms with van der Waals surface area (Å²) < 4.78 is 29.9. The standard InChI is InChI=1S/C22H20BrCl2N5O2S/c23-16-14-27-30-21(13-19(29-22(16)30)15-7-1-2-8-17(15)24)26-11-5-6-12-28-33(31,32)20-10-4-3-9-18(20)25/h1-4,7-10,13-14,26,28H,5-6,11-12H2. The lowest BCUT2D eigenvalue weighted by molar-refractivity contribution is 0.577. The van der Waals surface area contributed by atoms with Gasteiger partial charge in [-0.15, -0.1) is 0 Å². The van der Waals surface area contributed by atoms with Crippen molar-refractivity contribution in [3.05, 3.63) is 75.3 Å². The van der Waals surface area contributed by atoms with Crippen molar-refractivity contribution >= 4 is 60.6 Å². The van der Waals surface area contributed by atoms with Gasteiger partial charge < -0.3 is 5.32 Å². The number of hydrogen-bond donors (Lipinski definition) is 2. The fraction of sp³-hybridized carbons (Fsp3) is 0.182. The second-order valence-corrected chi connectivity index (χ2v) is 10.6. The highest BCUT2D eigenvalue weighted by Crippen LogP contribution is 2.30. The number of fused-ring (bicyclic) bond motifs is 1. The molecule has 2 heterocycles. The molecular formula is C22H20BrCl2N5O2S. The molecule has 0 aliphatic carbocycles. The van der Waals surface area contributed by atoms with Gasteiger partial charge in [0.15, 0.2) is 5.65 Å². The zero-order valence-electron chi connectivity index (χ0n) is 17.3. The molecule has 0 saturated heterocycles. The molecule has 2 aromatic carbocycles. The number of sulfonamides is 1. The molecular weight excluding hydrogens is 549 g/mol. The number of unbranched alkanes of at least 4 members (excludes halogenated alkanes) is 1. The monoisotopic (exact) mass is 567 g/mol. The SMILES string of the molecule is O=S(=O)(NCCCCNc1cc(-c2ccccc2Cl)nc2c(Br)cnn12)c1ccccc1Cl. The lowest BCUT2D eigenvalue weighted by Gasteiger charge is -2.12. The van der Waals surface area contributed by atoms with E-state index in [1.165, 1.54) is 6.07 Å². The van der Waals surface area contributed by atoms with E-state index < -0.39 is 10.0 Å². The first-order chi connectivity index (χ1) is 15.9. The number of anilines is 1. The molecule has 0 spiro atoms. The minimum absolute atomic E-state index is 0.0836. The van der Waals surface area contributed by atoms with Crippen molar-refractivity contribution in [2.24, 2.45) is 0 Å². The summed E-state index contributed by atoms with van der Waals surface area (Å²) in [5.74, 6) is 0.761. The average molecular weight is 569 g/mol. The van der Waals surface area contributed by atoms with Gasteiger partial charge >= 0.3 is 0 Å². The Labute approximate surface area is 210 Å². The molecule has 172 valence electrons.